The van der Waals surface area contributed by atoms with Crippen LogP contribution in [0.1, 0.15) is 12.8 Å². The van der Waals surface area contributed by atoms with Gasteiger partial charge in [0.2, 0.25) is 0 Å². The predicted molar refractivity (Wildman–Crippen MR) is 70.4 cm³/mol. The first kappa shape index (κ1) is 11.4. The van der Waals surface area contributed by atoms with E-state index in [1.54, 1.807) is 0 Å². The summed E-state index contributed by atoms with van der Waals surface area (Å²) in [4.78, 5) is 0. The molecule has 1 nitrogen and oxygen atoms in total. The van der Waals surface area contributed by atoms with Gasteiger partial charge in [0.1, 0.15) is 0 Å². The van der Waals surface area contributed by atoms with Crippen LogP contribution in [0, 0.1) is 0 Å². The first-order chi connectivity index (χ1) is 7.25. The highest BCUT2D eigenvalue weighted by molar-refractivity contribution is 7.99. The minimum absolute atomic E-state index is 0.528. The third kappa shape index (κ3) is 3.20. The van der Waals surface area contributed by atoms with Gasteiger partial charge in [0.15, 0.2) is 0 Å². The highest BCUT2D eigenvalue weighted by Crippen LogP contribution is 2.28. The largest absolute Gasteiger partial charge is 0.380 e. The average molecular weight is 262 g/mol. The van der Waals surface area contributed by atoms with Crippen LogP contribution < -0.4 is 5.32 Å². The van der Waals surface area contributed by atoms with Crippen molar-refractivity contribution in [1.82, 2.24) is 0 Å². The summed E-state index contributed by atoms with van der Waals surface area (Å²) >= 11 is 14.0. The molecule has 0 saturated carbocycles. The second-order valence-electron chi connectivity index (χ2n) is 3.68. The first-order valence-electron chi connectivity index (χ1n) is 5.05. The summed E-state index contributed by atoms with van der Waals surface area (Å²) in [6, 6.07) is 6.07. The van der Waals surface area contributed by atoms with E-state index in [0.717, 1.165) is 21.5 Å². The zero-order valence-corrected chi connectivity index (χ0v) is 10.6. The van der Waals surface area contributed by atoms with E-state index in [-0.39, 0.29) is 0 Å². The van der Waals surface area contributed by atoms with Gasteiger partial charge in [0.05, 0.1) is 10.7 Å². The van der Waals surface area contributed by atoms with E-state index >= 15 is 0 Å². The van der Waals surface area contributed by atoms with Crippen LogP contribution in [0.3, 0.4) is 0 Å². The minimum atomic E-state index is 0.528. The molecule has 1 aromatic carbocycles. The molecule has 1 fully saturated rings. The van der Waals surface area contributed by atoms with E-state index in [1.165, 1.54) is 18.6 Å². The van der Waals surface area contributed by atoms with Gasteiger partial charge in [-0.3, -0.25) is 0 Å². The minimum Gasteiger partial charge on any atom is -0.380 e. The maximum Gasteiger partial charge on any atom is 0.0638 e. The number of hydrogen-bond donors (Lipinski definition) is 1. The number of hydrogen-bond acceptors (Lipinski definition) is 2. The Kier molecular flexibility index (Phi) is 4.06. The van der Waals surface area contributed by atoms with Crippen LogP contribution in [-0.2, 0) is 0 Å². The van der Waals surface area contributed by atoms with Crippen LogP contribution in [-0.4, -0.2) is 17.5 Å². The fourth-order valence-corrected chi connectivity index (χ4v) is 3.10. The summed E-state index contributed by atoms with van der Waals surface area (Å²) in [7, 11) is 0. The molecule has 0 radical (unpaired) electrons. The lowest BCUT2D eigenvalue weighted by molar-refractivity contribution is 0.685. The summed E-state index contributed by atoms with van der Waals surface area (Å²) in [5, 5.41) is 4.93. The molecule has 1 aliphatic heterocycles. The van der Waals surface area contributed by atoms with Crippen molar-refractivity contribution in [1.29, 1.82) is 0 Å². The summed E-state index contributed by atoms with van der Waals surface area (Å²) in [6.45, 7) is 0. The number of halogens is 2. The van der Waals surface area contributed by atoms with E-state index in [1.807, 2.05) is 30.0 Å². The summed E-state index contributed by atoms with van der Waals surface area (Å²) < 4.78 is 0. The van der Waals surface area contributed by atoms with Crippen LogP contribution in [0.4, 0.5) is 5.69 Å². The van der Waals surface area contributed by atoms with Crippen molar-refractivity contribution >= 4 is 40.7 Å². The number of benzene rings is 1. The molecule has 0 aliphatic carbocycles. The summed E-state index contributed by atoms with van der Waals surface area (Å²) in [6.07, 6.45) is 2.50. The van der Waals surface area contributed by atoms with Crippen LogP contribution >= 0.6 is 35.0 Å². The van der Waals surface area contributed by atoms with Gasteiger partial charge in [-0.2, -0.15) is 11.8 Å². The molecule has 1 aliphatic rings. The Morgan fingerprint density at radius 1 is 1.33 bits per heavy atom. The van der Waals surface area contributed by atoms with Crippen LogP contribution in [0.2, 0.25) is 10.0 Å². The Balaban J connectivity index is 2.05. The monoisotopic (exact) mass is 261 g/mol. The van der Waals surface area contributed by atoms with Gasteiger partial charge in [0.25, 0.3) is 0 Å². The second kappa shape index (κ2) is 5.33. The molecule has 1 aromatic rings. The van der Waals surface area contributed by atoms with Crippen molar-refractivity contribution in [2.24, 2.45) is 0 Å². The topological polar surface area (TPSA) is 12.0 Å². The Morgan fingerprint density at radius 3 is 2.93 bits per heavy atom. The molecule has 0 bridgehead atoms. The molecule has 2 rings (SSSR count). The molecule has 15 heavy (non-hydrogen) atoms. The molecule has 82 valence electrons. The normalized spacial score (nSPS) is 21.3. The van der Waals surface area contributed by atoms with E-state index in [0.29, 0.717) is 6.04 Å². The Morgan fingerprint density at radius 2 is 2.20 bits per heavy atom. The van der Waals surface area contributed by atoms with Gasteiger partial charge in [-0.15, -0.1) is 0 Å². The SMILES string of the molecule is Clc1ccc(Cl)c(NC2CCCSC2)c1. The smallest absolute Gasteiger partial charge is 0.0638 e. The predicted octanol–water partition coefficient (Wildman–Crippen LogP) is 4.30. The molecule has 0 spiro atoms. The van der Waals surface area contributed by atoms with Crippen molar-refractivity contribution in [2.45, 2.75) is 18.9 Å². The van der Waals surface area contributed by atoms with E-state index < -0.39 is 0 Å². The third-order valence-corrected chi connectivity index (χ3v) is 4.23. The van der Waals surface area contributed by atoms with Gasteiger partial charge in [0, 0.05) is 16.8 Å². The van der Waals surface area contributed by atoms with Crippen molar-refractivity contribution in [3.05, 3.63) is 28.2 Å². The zero-order valence-electron chi connectivity index (χ0n) is 8.30. The van der Waals surface area contributed by atoms with Gasteiger partial charge < -0.3 is 5.32 Å². The molecule has 4 heteroatoms. The lowest BCUT2D eigenvalue weighted by Crippen LogP contribution is -2.25. The van der Waals surface area contributed by atoms with Crippen molar-refractivity contribution in [3.63, 3.8) is 0 Å². The van der Waals surface area contributed by atoms with Crippen LogP contribution in [0.25, 0.3) is 0 Å². The molecule has 1 unspecified atom stereocenters. The highest BCUT2D eigenvalue weighted by Gasteiger charge is 2.14. The molecule has 1 saturated heterocycles. The fraction of sp³-hybridized carbons (Fsp3) is 0.455. The van der Waals surface area contributed by atoms with Gasteiger partial charge in [-0.1, -0.05) is 23.2 Å². The number of rotatable bonds is 2. The molecule has 1 N–H and O–H groups in total. The van der Waals surface area contributed by atoms with Crippen molar-refractivity contribution in [2.75, 3.05) is 16.8 Å². The number of anilines is 1. The Bertz CT molecular complexity index is 337. The van der Waals surface area contributed by atoms with E-state index in [9.17, 15) is 0 Å². The molecular weight excluding hydrogens is 249 g/mol. The van der Waals surface area contributed by atoms with E-state index in [4.69, 9.17) is 23.2 Å². The van der Waals surface area contributed by atoms with E-state index in [2.05, 4.69) is 5.32 Å². The number of thioether (sulfide) groups is 1. The quantitative estimate of drug-likeness (QED) is 0.852. The zero-order chi connectivity index (χ0) is 10.7. The summed E-state index contributed by atoms with van der Waals surface area (Å²) in [5.41, 5.74) is 0.955. The fourth-order valence-electron chi connectivity index (χ4n) is 1.68. The molecule has 0 amide bonds. The Hall–Kier alpha value is -0.0500. The van der Waals surface area contributed by atoms with Crippen molar-refractivity contribution in [3.8, 4) is 0 Å². The van der Waals surface area contributed by atoms with Crippen LogP contribution in [0.5, 0.6) is 0 Å². The third-order valence-electron chi connectivity index (χ3n) is 2.45. The molecule has 1 heterocycles. The van der Waals surface area contributed by atoms with Gasteiger partial charge in [-0.25, -0.2) is 0 Å². The van der Waals surface area contributed by atoms with Gasteiger partial charge >= 0.3 is 0 Å². The first-order valence-corrected chi connectivity index (χ1v) is 6.96. The maximum atomic E-state index is 6.09. The van der Waals surface area contributed by atoms with Gasteiger partial charge in [-0.05, 0) is 36.8 Å². The maximum absolute atomic E-state index is 6.09. The standard InChI is InChI=1S/C11H13Cl2NS/c12-8-3-4-10(13)11(6-8)14-9-2-1-5-15-7-9/h3-4,6,9,14H,1-2,5,7H2. The highest BCUT2D eigenvalue weighted by atomic mass is 35.5. The molecule has 0 aromatic heterocycles. The second-order valence-corrected chi connectivity index (χ2v) is 5.68. The lowest BCUT2D eigenvalue weighted by Gasteiger charge is -2.24. The van der Waals surface area contributed by atoms with Crippen molar-refractivity contribution < 1.29 is 0 Å². The molecule has 1 atom stereocenters. The Labute approximate surface area is 105 Å². The summed E-state index contributed by atoms with van der Waals surface area (Å²) in [5.74, 6) is 2.43. The lowest BCUT2D eigenvalue weighted by atomic mass is 10.1. The average Bonchev–Trinajstić information content (AvgIpc) is 2.25. The molecular formula is C11H13Cl2NS. The number of nitrogens with one attached hydrogen (secondary N) is 1. The van der Waals surface area contributed by atoms with Crippen LogP contribution in [0.15, 0.2) is 18.2 Å².